The first kappa shape index (κ1) is 19.7. The minimum atomic E-state index is -4.06. The highest BCUT2D eigenvalue weighted by atomic mass is 32.2. The molecule has 11 nitrogen and oxygen atoms in total. The fraction of sp³-hybridized carbons (Fsp3) is 0.353. The van der Waals surface area contributed by atoms with Crippen LogP contribution in [0.4, 0.5) is 5.82 Å². The van der Waals surface area contributed by atoms with Crippen LogP contribution < -0.4 is 5.73 Å². The van der Waals surface area contributed by atoms with Gasteiger partial charge in [0.15, 0.2) is 17.7 Å². The van der Waals surface area contributed by atoms with E-state index >= 15 is 0 Å². The number of aliphatic hydroxyl groups excluding tert-OH is 3. The summed E-state index contributed by atoms with van der Waals surface area (Å²) >= 11 is 0. The monoisotopic (exact) mass is 421 g/mol. The predicted octanol–water partition coefficient (Wildman–Crippen LogP) is -0.839. The average Bonchev–Trinajstić information content (AvgIpc) is 3.24. The zero-order chi connectivity index (χ0) is 20.9. The van der Waals surface area contributed by atoms with E-state index in [9.17, 15) is 23.7 Å². The van der Waals surface area contributed by atoms with Crippen LogP contribution in [0.2, 0.25) is 0 Å². The minimum Gasteiger partial charge on any atom is -0.394 e. The molecule has 0 spiro atoms. The van der Waals surface area contributed by atoms with Crippen LogP contribution in [0.1, 0.15) is 11.8 Å². The Morgan fingerprint density at radius 3 is 2.48 bits per heavy atom. The summed E-state index contributed by atoms with van der Waals surface area (Å²) in [5.41, 5.74) is 6.92. The smallest absolute Gasteiger partial charge is 0.256 e. The van der Waals surface area contributed by atoms with E-state index in [0.29, 0.717) is 0 Å². The number of imidazole rings is 1. The molecule has 0 aliphatic carbocycles. The Labute approximate surface area is 165 Å². The molecule has 0 saturated carbocycles. The molecule has 12 heteroatoms. The maximum Gasteiger partial charge on any atom is 0.256 e. The number of aryl methyl sites for hydroxylation is 1. The predicted molar refractivity (Wildman–Crippen MR) is 99.4 cm³/mol. The summed E-state index contributed by atoms with van der Waals surface area (Å²) in [5.74, 6) is -0.161. The van der Waals surface area contributed by atoms with Crippen LogP contribution in [0.5, 0.6) is 0 Å². The lowest BCUT2D eigenvalue weighted by molar-refractivity contribution is -0.0511. The molecule has 29 heavy (non-hydrogen) atoms. The van der Waals surface area contributed by atoms with Gasteiger partial charge in [0.05, 0.1) is 17.8 Å². The van der Waals surface area contributed by atoms with Crippen molar-refractivity contribution in [3.63, 3.8) is 0 Å². The number of benzene rings is 1. The molecule has 5 N–H and O–H groups in total. The molecule has 1 saturated heterocycles. The number of rotatable bonds is 4. The first-order chi connectivity index (χ1) is 13.7. The van der Waals surface area contributed by atoms with Gasteiger partial charge in [-0.2, -0.15) is 9.97 Å². The van der Waals surface area contributed by atoms with Gasteiger partial charge in [-0.1, -0.05) is 17.7 Å². The Kier molecular flexibility index (Phi) is 4.75. The number of ether oxygens (including phenoxy) is 1. The van der Waals surface area contributed by atoms with Gasteiger partial charge in [-0.05, 0) is 19.1 Å². The molecule has 4 rings (SSSR count). The summed E-state index contributed by atoms with van der Waals surface area (Å²) in [5, 5.41) is 29.0. The average molecular weight is 421 g/mol. The fourth-order valence-electron chi connectivity index (χ4n) is 3.16. The first-order valence-electron chi connectivity index (χ1n) is 8.68. The van der Waals surface area contributed by atoms with Crippen LogP contribution in [-0.2, 0) is 14.6 Å². The first-order valence-corrected chi connectivity index (χ1v) is 10.2. The minimum absolute atomic E-state index is 0.000771. The standard InChI is InChI=1S/C17H19N5O6S/c1-8-2-4-9(5-3-8)29(26,27)17-20-14(18)11-15(21-17)22(7-19-11)16-13(25)12(24)10(6-23)28-16/h2-5,7,10,12-13,16,23-25H,6H2,1H3,(H2,18,20,21)/t10-,12?,13?,16-/m1/s1. The van der Waals surface area contributed by atoms with Gasteiger partial charge in [-0.25, -0.2) is 13.4 Å². The molecule has 0 bridgehead atoms. The second-order valence-corrected chi connectivity index (χ2v) is 8.60. The topological polar surface area (TPSA) is 174 Å². The molecule has 3 aromatic rings. The number of aromatic nitrogens is 4. The van der Waals surface area contributed by atoms with Crippen LogP contribution in [0, 0.1) is 6.92 Å². The molecule has 1 aliphatic rings. The lowest BCUT2D eigenvalue weighted by Gasteiger charge is -2.16. The molecule has 2 aromatic heterocycles. The van der Waals surface area contributed by atoms with Gasteiger partial charge in [0.25, 0.3) is 5.16 Å². The summed E-state index contributed by atoms with van der Waals surface area (Å²) < 4.78 is 32.6. The van der Waals surface area contributed by atoms with Crippen molar-refractivity contribution in [1.82, 2.24) is 19.5 Å². The number of nitrogens with zero attached hydrogens (tertiary/aromatic N) is 4. The van der Waals surface area contributed by atoms with E-state index in [1.165, 1.54) is 23.0 Å². The van der Waals surface area contributed by atoms with E-state index in [-0.39, 0.29) is 21.9 Å². The number of anilines is 1. The summed E-state index contributed by atoms with van der Waals surface area (Å²) in [6, 6.07) is 6.19. The van der Waals surface area contributed by atoms with E-state index in [1.807, 2.05) is 6.92 Å². The van der Waals surface area contributed by atoms with Crippen LogP contribution >= 0.6 is 0 Å². The summed E-state index contributed by atoms with van der Waals surface area (Å²) in [4.78, 5) is 12.1. The molecule has 4 atom stereocenters. The van der Waals surface area contributed by atoms with Crippen molar-refractivity contribution >= 4 is 26.8 Å². The van der Waals surface area contributed by atoms with Crippen molar-refractivity contribution in [2.75, 3.05) is 12.3 Å². The molecule has 154 valence electrons. The van der Waals surface area contributed by atoms with Crippen LogP contribution in [0.3, 0.4) is 0 Å². The van der Waals surface area contributed by atoms with Gasteiger partial charge in [-0.15, -0.1) is 0 Å². The summed E-state index contributed by atoms with van der Waals surface area (Å²) in [6.07, 6.45) is -3.63. The Morgan fingerprint density at radius 1 is 1.17 bits per heavy atom. The molecular formula is C17H19N5O6S. The third-order valence-corrected chi connectivity index (χ3v) is 6.35. The zero-order valence-electron chi connectivity index (χ0n) is 15.2. The van der Waals surface area contributed by atoms with Crippen LogP contribution in [-0.4, -0.2) is 68.2 Å². The van der Waals surface area contributed by atoms with Crippen molar-refractivity contribution in [3.05, 3.63) is 36.2 Å². The van der Waals surface area contributed by atoms with Gasteiger partial charge in [-0.3, -0.25) is 4.57 Å². The lowest BCUT2D eigenvalue weighted by Crippen LogP contribution is -2.33. The van der Waals surface area contributed by atoms with E-state index < -0.39 is 46.1 Å². The second-order valence-electron chi connectivity index (χ2n) is 6.76. The van der Waals surface area contributed by atoms with Gasteiger partial charge in [0.1, 0.15) is 23.8 Å². The summed E-state index contributed by atoms with van der Waals surface area (Å²) in [7, 11) is -4.06. The largest absolute Gasteiger partial charge is 0.394 e. The SMILES string of the molecule is Cc1ccc(S(=O)(=O)c2nc(N)c3ncn([C@@H]4O[C@H](CO)C(O)C4O)c3n2)cc1. The van der Waals surface area contributed by atoms with Crippen LogP contribution in [0.25, 0.3) is 11.2 Å². The molecule has 2 unspecified atom stereocenters. The third kappa shape index (κ3) is 3.14. The normalized spacial score (nSPS) is 25.0. The molecule has 1 aromatic carbocycles. The Bertz CT molecular complexity index is 1160. The van der Waals surface area contributed by atoms with Crippen molar-refractivity contribution in [3.8, 4) is 0 Å². The zero-order valence-corrected chi connectivity index (χ0v) is 16.1. The highest BCUT2D eigenvalue weighted by molar-refractivity contribution is 7.91. The molecule has 1 fully saturated rings. The highest BCUT2D eigenvalue weighted by Gasteiger charge is 2.44. The van der Waals surface area contributed by atoms with Gasteiger partial charge < -0.3 is 25.8 Å². The fourth-order valence-corrected chi connectivity index (χ4v) is 4.29. The van der Waals surface area contributed by atoms with E-state index in [0.717, 1.165) is 5.56 Å². The molecule has 0 amide bonds. The third-order valence-electron chi connectivity index (χ3n) is 4.79. The Balaban J connectivity index is 1.83. The molecule has 3 heterocycles. The number of hydrogen-bond acceptors (Lipinski definition) is 10. The number of sulfone groups is 1. The number of nitrogen functional groups attached to an aromatic ring is 1. The van der Waals surface area contributed by atoms with Crippen molar-refractivity contribution in [1.29, 1.82) is 0 Å². The van der Waals surface area contributed by atoms with Crippen molar-refractivity contribution in [2.24, 2.45) is 0 Å². The summed E-state index contributed by atoms with van der Waals surface area (Å²) in [6.45, 7) is 1.32. The van der Waals surface area contributed by atoms with Crippen LogP contribution in [0.15, 0.2) is 40.6 Å². The van der Waals surface area contributed by atoms with Gasteiger partial charge in [0, 0.05) is 0 Å². The van der Waals surface area contributed by atoms with Crippen molar-refractivity contribution < 1.29 is 28.5 Å². The van der Waals surface area contributed by atoms with E-state index in [4.69, 9.17) is 10.5 Å². The molecule has 1 aliphatic heterocycles. The Morgan fingerprint density at radius 2 is 1.86 bits per heavy atom. The second kappa shape index (κ2) is 7.00. The maximum atomic E-state index is 12.9. The maximum absolute atomic E-state index is 12.9. The van der Waals surface area contributed by atoms with E-state index in [2.05, 4.69) is 15.0 Å². The van der Waals surface area contributed by atoms with E-state index in [1.54, 1.807) is 12.1 Å². The Hall–Kier alpha value is -2.64. The lowest BCUT2D eigenvalue weighted by atomic mass is 10.1. The van der Waals surface area contributed by atoms with Crippen molar-refractivity contribution in [2.45, 2.75) is 41.5 Å². The quantitative estimate of drug-likeness (QED) is 0.389. The van der Waals surface area contributed by atoms with Gasteiger partial charge >= 0.3 is 0 Å². The molecule has 0 radical (unpaired) electrons. The number of hydrogen-bond donors (Lipinski definition) is 4. The highest BCUT2D eigenvalue weighted by Crippen LogP contribution is 2.32. The van der Waals surface area contributed by atoms with Gasteiger partial charge in [0.2, 0.25) is 9.84 Å². The number of aliphatic hydroxyl groups is 3. The number of fused-ring (bicyclic) bond motifs is 1. The number of nitrogens with two attached hydrogens (primary N) is 1. The molecular weight excluding hydrogens is 402 g/mol.